The first-order chi connectivity index (χ1) is 11.3. The van der Waals surface area contributed by atoms with E-state index < -0.39 is 5.25 Å². The number of thiophene rings is 1. The lowest BCUT2D eigenvalue weighted by atomic mass is 9.89. The average molecular weight is 367 g/mol. The van der Waals surface area contributed by atoms with Crippen LogP contribution in [-0.4, -0.2) is 27.3 Å². The number of carbonyl (C=O) groups is 1. The Bertz CT molecular complexity index is 825. The van der Waals surface area contributed by atoms with Crippen molar-refractivity contribution in [3.05, 3.63) is 20.8 Å². The van der Waals surface area contributed by atoms with Gasteiger partial charge in [0.25, 0.3) is 5.56 Å². The molecule has 0 amide bonds. The van der Waals surface area contributed by atoms with E-state index in [1.165, 1.54) is 22.2 Å². The number of thioether (sulfide) groups is 1. The Hall–Kier alpha value is -1.34. The Morgan fingerprint density at radius 1 is 1.42 bits per heavy atom. The normalized spacial score (nSPS) is 18.6. The van der Waals surface area contributed by atoms with Crippen molar-refractivity contribution in [3.63, 3.8) is 0 Å². The van der Waals surface area contributed by atoms with E-state index in [1.54, 1.807) is 18.3 Å². The van der Waals surface area contributed by atoms with Gasteiger partial charge in [-0.25, -0.2) is 4.98 Å². The number of aryl methyl sites for hydroxylation is 1. The zero-order valence-electron chi connectivity index (χ0n) is 14.3. The second kappa shape index (κ2) is 6.88. The molecule has 24 heavy (non-hydrogen) atoms. The molecule has 1 N–H and O–H groups in total. The Morgan fingerprint density at radius 3 is 2.88 bits per heavy atom. The number of fused-ring (bicyclic) bond motifs is 3. The van der Waals surface area contributed by atoms with Gasteiger partial charge in [-0.3, -0.25) is 9.59 Å². The molecule has 2 aromatic rings. The first-order valence-corrected chi connectivity index (χ1v) is 9.96. The van der Waals surface area contributed by atoms with E-state index in [4.69, 9.17) is 4.74 Å². The van der Waals surface area contributed by atoms with Crippen molar-refractivity contribution in [2.75, 3.05) is 0 Å². The minimum atomic E-state index is -0.414. The van der Waals surface area contributed by atoms with Gasteiger partial charge in [0.2, 0.25) is 0 Å². The SMILES string of the molecule is CC(C)OC(=O)[C@@H](C)Sc1nc2sc3c(c2c(=O)[nH]1)CC[C@H](C)C3. The van der Waals surface area contributed by atoms with Crippen molar-refractivity contribution in [1.29, 1.82) is 0 Å². The van der Waals surface area contributed by atoms with Crippen molar-refractivity contribution in [2.45, 2.75) is 63.5 Å². The standard InChI is InChI=1S/C17H22N2O3S2/c1-8(2)22-16(21)10(4)23-17-18-14(20)13-11-6-5-9(3)7-12(11)24-15(13)19-17/h8-10H,5-7H2,1-4H3,(H,18,19,20)/t9-,10+/m0/s1. The number of nitrogens with one attached hydrogen (secondary N) is 1. The third-order valence-electron chi connectivity index (χ3n) is 4.12. The van der Waals surface area contributed by atoms with E-state index in [9.17, 15) is 9.59 Å². The average Bonchev–Trinajstić information content (AvgIpc) is 2.83. The van der Waals surface area contributed by atoms with Crippen molar-refractivity contribution >= 4 is 39.3 Å². The molecule has 1 aliphatic carbocycles. The third kappa shape index (κ3) is 3.52. The minimum absolute atomic E-state index is 0.0982. The number of esters is 1. The maximum absolute atomic E-state index is 12.5. The van der Waals surface area contributed by atoms with Crippen LogP contribution >= 0.6 is 23.1 Å². The smallest absolute Gasteiger partial charge is 0.319 e. The maximum Gasteiger partial charge on any atom is 0.319 e. The van der Waals surface area contributed by atoms with Crippen LogP contribution in [0.2, 0.25) is 0 Å². The molecule has 2 heterocycles. The van der Waals surface area contributed by atoms with Gasteiger partial charge in [0.05, 0.1) is 11.5 Å². The maximum atomic E-state index is 12.5. The summed E-state index contributed by atoms with van der Waals surface area (Å²) in [5.41, 5.74) is 1.07. The zero-order valence-corrected chi connectivity index (χ0v) is 16.0. The van der Waals surface area contributed by atoms with Gasteiger partial charge in [0.1, 0.15) is 10.1 Å². The first-order valence-electron chi connectivity index (χ1n) is 8.27. The van der Waals surface area contributed by atoms with Crippen LogP contribution in [0.3, 0.4) is 0 Å². The molecule has 2 atom stereocenters. The monoisotopic (exact) mass is 366 g/mol. The highest BCUT2D eigenvalue weighted by atomic mass is 32.2. The molecule has 0 saturated carbocycles. The van der Waals surface area contributed by atoms with Crippen molar-refractivity contribution in [3.8, 4) is 0 Å². The fourth-order valence-corrected chi connectivity index (χ4v) is 5.15. The summed E-state index contributed by atoms with van der Waals surface area (Å²) in [6.45, 7) is 7.65. The number of aromatic amines is 1. The summed E-state index contributed by atoms with van der Waals surface area (Å²) in [6.07, 6.45) is 2.94. The number of H-pyrrole nitrogens is 1. The van der Waals surface area contributed by atoms with Gasteiger partial charge in [-0.05, 0) is 51.5 Å². The fourth-order valence-electron chi connectivity index (χ4n) is 2.93. The number of hydrogen-bond acceptors (Lipinski definition) is 6. The highest BCUT2D eigenvalue weighted by Gasteiger charge is 2.24. The van der Waals surface area contributed by atoms with Gasteiger partial charge in [0, 0.05) is 4.88 Å². The number of ether oxygens (including phenoxy) is 1. The molecule has 3 rings (SSSR count). The van der Waals surface area contributed by atoms with Crippen molar-refractivity contribution in [2.24, 2.45) is 5.92 Å². The van der Waals surface area contributed by atoms with Crippen LogP contribution in [0.15, 0.2) is 9.95 Å². The molecule has 7 heteroatoms. The van der Waals surface area contributed by atoms with E-state index >= 15 is 0 Å². The molecule has 0 radical (unpaired) electrons. The molecule has 0 saturated heterocycles. The van der Waals surface area contributed by atoms with Gasteiger partial charge in [-0.15, -0.1) is 11.3 Å². The van der Waals surface area contributed by atoms with Crippen LogP contribution in [0.1, 0.15) is 44.6 Å². The van der Waals surface area contributed by atoms with Crippen molar-refractivity contribution < 1.29 is 9.53 Å². The van der Waals surface area contributed by atoms with E-state index in [0.29, 0.717) is 11.1 Å². The molecule has 0 aromatic carbocycles. The summed E-state index contributed by atoms with van der Waals surface area (Å²) >= 11 is 2.85. The Kier molecular flexibility index (Phi) is 5.01. The van der Waals surface area contributed by atoms with Gasteiger partial charge in [-0.2, -0.15) is 0 Å². The highest BCUT2D eigenvalue weighted by molar-refractivity contribution is 8.00. The van der Waals surface area contributed by atoms with E-state index in [-0.39, 0.29) is 17.6 Å². The zero-order chi connectivity index (χ0) is 17.4. The second-order valence-electron chi connectivity index (χ2n) is 6.65. The minimum Gasteiger partial charge on any atom is -0.462 e. The molecular weight excluding hydrogens is 344 g/mol. The molecule has 0 fully saturated rings. The fraction of sp³-hybridized carbons (Fsp3) is 0.588. The predicted molar refractivity (Wildman–Crippen MR) is 98.0 cm³/mol. The second-order valence-corrected chi connectivity index (χ2v) is 9.06. The molecular formula is C17H22N2O3S2. The lowest BCUT2D eigenvalue weighted by molar-refractivity contribution is -0.146. The van der Waals surface area contributed by atoms with Crippen LogP contribution in [0.5, 0.6) is 0 Å². The summed E-state index contributed by atoms with van der Waals surface area (Å²) in [7, 11) is 0. The number of aromatic nitrogens is 2. The van der Waals surface area contributed by atoms with Gasteiger partial charge >= 0.3 is 5.97 Å². The number of hydrogen-bond donors (Lipinski definition) is 1. The number of carbonyl (C=O) groups excluding carboxylic acids is 1. The van der Waals surface area contributed by atoms with Crippen LogP contribution in [0, 0.1) is 5.92 Å². The van der Waals surface area contributed by atoms with E-state index in [1.807, 2.05) is 13.8 Å². The van der Waals surface area contributed by atoms with Gasteiger partial charge in [-0.1, -0.05) is 18.7 Å². The largest absolute Gasteiger partial charge is 0.462 e. The number of rotatable bonds is 4. The summed E-state index contributed by atoms with van der Waals surface area (Å²) < 4.78 is 5.20. The predicted octanol–water partition coefficient (Wildman–Crippen LogP) is 3.54. The molecule has 0 spiro atoms. The molecule has 5 nitrogen and oxygen atoms in total. The highest BCUT2D eigenvalue weighted by Crippen LogP contribution is 2.36. The van der Waals surface area contributed by atoms with Crippen LogP contribution in [-0.2, 0) is 22.4 Å². The summed E-state index contributed by atoms with van der Waals surface area (Å²) in [5, 5.41) is 0.804. The molecule has 1 aliphatic rings. The molecule has 2 aromatic heterocycles. The van der Waals surface area contributed by atoms with Gasteiger partial charge < -0.3 is 9.72 Å². The topological polar surface area (TPSA) is 72.0 Å². The van der Waals surface area contributed by atoms with Crippen LogP contribution < -0.4 is 5.56 Å². The van der Waals surface area contributed by atoms with Crippen LogP contribution in [0.4, 0.5) is 0 Å². The summed E-state index contributed by atoms with van der Waals surface area (Å²) in [5.74, 6) is 0.362. The molecule has 0 aliphatic heterocycles. The molecule has 130 valence electrons. The molecule has 0 bridgehead atoms. The lowest BCUT2D eigenvalue weighted by Crippen LogP contribution is -2.21. The Morgan fingerprint density at radius 2 is 2.17 bits per heavy atom. The first kappa shape index (κ1) is 17.5. The van der Waals surface area contributed by atoms with Gasteiger partial charge in [0.15, 0.2) is 5.16 Å². The molecule has 0 unspecified atom stereocenters. The van der Waals surface area contributed by atoms with Crippen molar-refractivity contribution in [1.82, 2.24) is 9.97 Å². The number of nitrogens with zero attached hydrogens (tertiary/aromatic N) is 1. The van der Waals surface area contributed by atoms with E-state index in [0.717, 1.165) is 29.5 Å². The summed E-state index contributed by atoms with van der Waals surface area (Å²) in [4.78, 5) is 34.0. The Labute approximate surface area is 149 Å². The Balaban J connectivity index is 1.89. The summed E-state index contributed by atoms with van der Waals surface area (Å²) in [6, 6.07) is 0. The quantitative estimate of drug-likeness (QED) is 0.509. The van der Waals surface area contributed by atoms with Crippen LogP contribution in [0.25, 0.3) is 10.2 Å². The van der Waals surface area contributed by atoms with E-state index in [2.05, 4.69) is 16.9 Å². The lowest BCUT2D eigenvalue weighted by Gasteiger charge is -2.17. The third-order valence-corrected chi connectivity index (χ3v) is 6.23.